The van der Waals surface area contributed by atoms with Crippen LogP contribution in [0.3, 0.4) is 0 Å². The summed E-state index contributed by atoms with van der Waals surface area (Å²) in [7, 11) is 0. The summed E-state index contributed by atoms with van der Waals surface area (Å²) in [6, 6.07) is 9.14. The zero-order valence-electron chi connectivity index (χ0n) is 13.7. The van der Waals surface area contributed by atoms with Crippen LogP contribution in [0.2, 0.25) is 10.0 Å². The van der Waals surface area contributed by atoms with E-state index in [1.54, 1.807) is 18.2 Å². The Kier molecular flexibility index (Phi) is 5.35. The summed E-state index contributed by atoms with van der Waals surface area (Å²) < 4.78 is 38.3. The Balaban J connectivity index is 1.74. The molecule has 1 aliphatic heterocycles. The van der Waals surface area contributed by atoms with Crippen molar-refractivity contribution >= 4 is 46.4 Å². The lowest BCUT2D eigenvalue weighted by molar-refractivity contribution is -0.137. The monoisotopic (exact) mass is 416 g/mol. The van der Waals surface area contributed by atoms with Crippen molar-refractivity contribution in [2.45, 2.75) is 12.6 Å². The van der Waals surface area contributed by atoms with Gasteiger partial charge in [-0.25, -0.2) is 0 Å². The lowest BCUT2D eigenvalue weighted by Gasteiger charge is -2.18. The van der Waals surface area contributed by atoms with Crippen molar-refractivity contribution in [3.8, 4) is 0 Å². The number of halogens is 5. The van der Waals surface area contributed by atoms with E-state index in [2.05, 4.69) is 5.32 Å². The molecule has 1 fully saturated rings. The topological polar surface area (TPSA) is 49.4 Å². The van der Waals surface area contributed by atoms with Gasteiger partial charge in [0.15, 0.2) is 0 Å². The lowest BCUT2D eigenvalue weighted by atomic mass is 10.1. The Labute approximate surface area is 162 Å². The molecule has 0 radical (unpaired) electrons. The number of carbonyl (C=O) groups excluding carboxylic acids is 2. The van der Waals surface area contributed by atoms with Crippen molar-refractivity contribution in [3.05, 3.63) is 58.1 Å². The third-order valence-electron chi connectivity index (χ3n) is 4.18. The van der Waals surface area contributed by atoms with Crippen molar-refractivity contribution in [2.24, 2.45) is 5.92 Å². The number of hydrogen-bond acceptors (Lipinski definition) is 2. The second kappa shape index (κ2) is 7.40. The highest BCUT2D eigenvalue weighted by Gasteiger charge is 2.36. The van der Waals surface area contributed by atoms with Crippen molar-refractivity contribution in [1.29, 1.82) is 0 Å². The minimum absolute atomic E-state index is 0.0153. The van der Waals surface area contributed by atoms with Crippen LogP contribution >= 0.6 is 23.2 Å². The second-order valence-electron chi connectivity index (χ2n) is 6.05. The maximum atomic E-state index is 12.8. The molecule has 1 saturated heterocycles. The molecule has 1 atom stereocenters. The number of anilines is 2. The quantitative estimate of drug-likeness (QED) is 0.764. The first-order valence-electron chi connectivity index (χ1n) is 7.89. The van der Waals surface area contributed by atoms with E-state index in [1.807, 2.05) is 0 Å². The van der Waals surface area contributed by atoms with Crippen LogP contribution in [0.1, 0.15) is 12.0 Å². The molecule has 4 nitrogen and oxygen atoms in total. The van der Waals surface area contributed by atoms with Gasteiger partial charge in [0.05, 0.1) is 27.2 Å². The molecule has 1 heterocycles. The molecule has 2 aromatic rings. The highest BCUT2D eigenvalue weighted by atomic mass is 35.5. The highest BCUT2D eigenvalue weighted by molar-refractivity contribution is 6.44. The van der Waals surface area contributed by atoms with E-state index in [0.29, 0.717) is 5.69 Å². The van der Waals surface area contributed by atoms with Crippen LogP contribution in [0, 0.1) is 5.92 Å². The molecule has 3 rings (SSSR count). The molecule has 0 aliphatic carbocycles. The zero-order chi connectivity index (χ0) is 19.8. The average molecular weight is 417 g/mol. The van der Waals surface area contributed by atoms with E-state index < -0.39 is 23.6 Å². The van der Waals surface area contributed by atoms with Gasteiger partial charge in [-0.3, -0.25) is 9.59 Å². The van der Waals surface area contributed by atoms with Gasteiger partial charge in [-0.1, -0.05) is 35.3 Å². The van der Waals surface area contributed by atoms with Gasteiger partial charge in [-0.15, -0.1) is 0 Å². The average Bonchev–Trinajstić information content (AvgIpc) is 2.99. The van der Waals surface area contributed by atoms with E-state index in [4.69, 9.17) is 23.2 Å². The summed E-state index contributed by atoms with van der Waals surface area (Å²) >= 11 is 12.1. The third-order valence-corrected chi connectivity index (χ3v) is 4.98. The molecule has 2 amide bonds. The number of nitrogens with zero attached hydrogens (tertiary/aromatic N) is 1. The summed E-state index contributed by atoms with van der Waals surface area (Å²) in [5.41, 5.74) is -0.458. The molecule has 1 aliphatic rings. The molecule has 9 heteroatoms. The number of carbonyl (C=O) groups is 2. The van der Waals surface area contributed by atoms with Gasteiger partial charge >= 0.3 is 6.18 Å². The standard InChI is InChI=1S/C18H13Cl2F3N2O2/c19-13-5-2-6-14(16(13)20)25-9-10(7-15(25)26)17(27)24-12-4-1-3-11(8-12)18(21,22)23/h1-6,8,10H,7,9H2,(H,24,27)/t10-/m1/s1. The fraction of sp³-hybridized carbons (Fsp3) is 0.222. The Morgan fingerprint density at radius 1 is 1.15 bits per heavy atom. The first-order valence-corrected chi connectivity index (χ1v) is 8.65. The molecule has 142 valence electrons. The summed E-state index contributed by atoms with van der Waals surface area (Å²) in [5.74, 6) is -1.58. The first kappa shape index (κ1) is 19.5. The van der Waals surface area contributed by atoms with E-state index >= 15 is 0 Å². The van der Waals surface area contributed by atoms with Gasteiger partial charge in [0.2, 0.25) is 11.8 Å². The predicted molar refractivity (Wildman–Crippen MR) is 97.0 cm³/mol. The highest BCUT2D eigenvalue weighted by Crippen LogP contribution is 2.36. The van der Waals surface area contributed by atoms with E-state index in [1.165, 1.54) is 17.0 Å². The van der Waals surface area contributed by atoms with Gasteiger partial charge in [-0.05, 0) is 30.3 Å². The molecule has 0 saturated carbocycles. The normalized spacial score (nSPS) is 17.3. The maximum Gasteiger partial charge on any atom is 0.416 e. The lowest BCUT2D eigenvalue weighted by Crippen LogP contribution is -2.28. The summed E-state index contributed by atoms with van der Waals surface area (Å²) in [6.07, 6.45) is -4.59. The molecule has 27 heavy (non-hydrogen) atoms. The zero-order valence-corrected chi connectivity index (χ0v) is 15.2. The van der Waals surface area contributed by atoms with E-state index in [0.717, 1.165) is 12.1 Å². The summed E-state index contributed by atoms with van der Waals surface area (Å²) in [4.78, 5) is 26.1. The molecule has 0 bridgehead atoms. The van der Waals surface area contributed by atoms with Crippen molar-refractivity contribution < 1.29 is 22.8 Å². The Morgan fingerprint density at radius 2 is 1.85 bits per heavy atom. The minimum atomic E-state index is -4.51. The molecule has 1 N–H and O–H groups in total. The Bertz CT molecular complexity index is 902. The minimum Gasteiger partial charge on any atom is -0.326 e. The molecule has 0 unspecified atom stereocenters. The van der Waals surface area contributed by atoms with Crippen LogP contribution in [0.25, 0.3) is 0 Å². The fourth-order valence-electron chi connectivity index (χ4n) is 2.83. The van der Waals surface area contributed by atoms with Crippen LogP contribution in [-0.2, 0) is 15.8 Å². The van der Waals surface area contributed by atoms with Crippen LogP contribution in [0.5, 0.6) is 0 Å². The SMILES string of the molecule is O=C(Nc1cccc(C(F)(F)F)c1)[C@@H]1CC(=O)N(c2cccc(Cl)c2Cl)C1. The van der Waals surface area contributed by atoms with Crippen molar-refractivity contribution in [3.63, 3.8) is 0 Å². The number of alkyl halides is 3. The number of rotatable bonds is 3. The van der Waals surface area contributed by atoms with Crippen LogP contribution in [-0.4, -0.2) is 18.4 Å². The number of nitrogens with one attached hydrogen (secondary N) is 1. The number of benzene rings is 2. The van der Waals surface area contributed by atoms with Gasteiger partial charge in [0, 0.05) is 18.7 Å². The molecule has 0 spiro atoms. The van der Waals surface area contributed by atoms with Crippen LogP contribution in [0.4, 0.5) is 24.5 Å². The summed E-state index contributed by atoms with van der Waals surface area (Å²) in [6.45, 7) is 0.0592. The number of amides is 2. The van der Waals surface area contributed by atoms with Crippen LogP contribution < -0.4 is 10.2 Å². The van der Waals surface area contributed by atoms with Gasteiger partial charge in [-0.2, -0.15) is 13.2 Å². The van der Waals surface area contributed by atoms with Crippen LogP contribution in [0.15, 0.2) is 42.5 Å². The molecular weight excluding hydrogens is 404 g/mol. The molecular formula is C18H13Cl2F3N2O2. The van der Waals surface area contributed by atoms with Gasteiger partial charge < -0.3 is 10.2 Å². The molecule has 2 aromatic carbocycles. The second-order valence-corrected chi connectivity index (χ2v) is 6.83. The maximum absolute atomic E-state index is 12.8. The van der Waals surface area contributed by atoms with E-state index in [9.17, 15) is 22.8 Å². The first-order chi connectivity index (χ1) is 12.7. The predicted octanol–water partition coefficient (Wildman–Crippen LogP) is 5.00. The van der Waals surface area contributed by atoms with Gasteiger partial charge in [0.25, 0.3) is 0 Å². The Morgan fingerprint density at radius 3 is 2.56 bits per heavy atom. The smallest absolute Gasteiger partial charge is 0.326 e. The van der Waals surface area contributed by atoms with Crippen molar-refractivity contribution in [1.82, 2.24) is 0 Å². The Hall–Kier alpha value is -2.25. The molecule has 0 aromatic heterocycles. The van der Waals surface area contributed by atoms with E-state index in [-0.39, 0.29) is 34.6 Å². The fourth-order valence-corrected chi connectivity index (χ4v) is 3.23. The third kappa shape index (κ3) is 4.20. The summed E-state index contributed by atoms with van der Waals surface area (Å²) in [5, 5.41) is 2.92. The van der Waals surface area contributed by atoms with Crippen molar-refractivity contribution in [2.75, 3.05) is 16.8 Å². The largest absolute Gasteiger partial charge is 0.416 e. The van der Waals surface area contributed by atoms with Gasteiger partial charge in [0.1, 0.15) is 0 Å². The number of hydrogen-bond donors (Lipinski definition) is 1.